The number of carbonyl (C=O) groups excluding carboxylic acids is 4. The minimum absolute atomic E-state index is 0.0349. The summed E-state index contributed by atoms with van der Waals surface area (Å²) in [5.74, 6) is -7.12. The van der Waals surface area contributed by atoms with Crippen LogP contribution in [0.2, 0.25) is 0 Å². The molecule has 3 aliphatic rings. The molecular weight excluding hydrogens is 843 g/mol. The number of nitrogens with two attached hydrogens (primary N) is 1. The summed E-state index contributed by atoms with van der Waals surface area (Å²) in [5.41, 5.74) is 4.52. The highest BCUT2D eigenvalue weighted by Gasteiger charge is 2.54. The van der Waals surface area contributed by atoms with E-state index in [1.54, 1.807) is 36.4 Å². The largest absolute Gasteiger partial charge is 0.507 e. The molecule has 0 bridgehead atoms. The van der Waals surface area contributed by atoms with E-state index in [1.165, 1.54) is 19.1 Å². The molecule has 1 saturated heterocycles. The van der Waals surface area contributed by atoms with Crippen molar-refractivity contribution in [3.05, 3.63) is 121 Å². The molecule has 0 amide bonds. The summed E-state index contributed by atoms with van der Waals surface area (Å²) >= 11 is 0. The molecule has 4 aromatic rings. The number of hydrogen-bond acceptors (Lipinski definition) is 16. The predicted octanol–water partition coefficient (Wildman–Crippen LogP) is 3.09. The van der Waals surface area contributed by atoms with Crippen molar-refractivity contribution < 1.29 is 74.2 Å². The van der Waals surface area contributed by atoms with E-state index in [1.807, 2.05) is 12.1 Å². The highest BCUT2D eigenvalue weighted by Crippen LogP contribution is 2.47. The van der Waals surface area contributed by atoms with Crippen LogP contribution >= 0.6 is 0 Å². The molecule has 65 heavy (non-hydrogen) atoms. The lowest BCUT2D eigenvalue weighted by Gasteiger charge is -2.44. The molecule has 1 aliphatic heterocycles. The van der Waals surface area contributed by atoms with Gasteiger partial charge >= 0.3 is 5.97 Å². The number of aromatic hydroxyl groups is 1. The van der Waals surface area contributed by atoms with Gasteiger partial charge in [-0.3, -0.25) is 19.2 Å². The minimum atomic E-state index is -3.15. The number of esters is 1. The molecular formula is C49H53NO15. The molecule has 7 rings (SSSR count). The Hall–Kier alpha value is -5.66. The fraction of sp³-hybridized carbons (Fsp3) is 0.388. The number of phenolic OH excluding ortho intramolecular Hbond substituents is 1. The maximum atomic E-state index is 15.0. The molecule has 5 atom stereocenters. The molecule has 10 N–H and O–H groups in total. The van der Waals surface area contributed by atoms with Crippen molar-refractivity contribution in [3.8, 4) is 17.2 Å². The number of aliphatic hydroxyl groups excluding tert-OH is 4. The van der Waals surface area contributed by atoms with Crippen molar-refractivity contribution in [2.45, 2.75) is 114 Å². The first kappa shape index (κ1) is 47.3. The fourth-order valence-corrected chi connectivity index (χ4v) is 9.14. The van der Waals surface area contributed by atoms with Crippen molar-refractivity contribution in [2.24, 2.45) is 5.73 Å². The Labute approximate surface area is 374 Å². The number of aliphatic hydroxyl groups is 7. The van der Waals surface area contributed by atoms with Gasteiger partial charge in [-0.05, 0) is 91.6 Å². The monoisotopic (exact) mass is 895 g/mol. The number of ether oxygens (including phenoxy) is 3. The maximum absolute atomic E-state index is 15.0. The van der Waals surface area contributed by atoms with Gasteiger partial charge in [-0.1, -0.05) is 61.4 Å². The lowest BCUT2D eigenvalue weighted by Crippen LogP contribution is -2.67. The highest BCUT2D eigenvalue weighted by molar-refractivity contribution is 6.31. The van der Waals surface area contributed by atoms with Crippen LogP contribution in [0.3, 0.4) is 0 Å². The number of rotatable bonds is 15. The molecule has 2 aliphatic carbocycles. The van der Waals surface area contributed by atoms with Crippen LogP contribution in [0.25, 0.3) is 12.2 Å². The smallest absolute Gasteiger partial charge is 0.308 e. The van der Waals surface area contributed by atoms with E-state index in [0.717, 1.165) is 31.4 Å². The first-order valence-electron chi connectivity index (χ1n) is 21.5. The van der Waals surface area contributed by atoms with Gasteiger partial charge in [0, 0.05) is 46.7 Å². The van der Waals surface area contributed by atoms with E-state index >= 15 is 4.79 Å². The van der Waals surface area contributed by atoms with Gasteiger partial charge < -0.3 is 60.8 Å². The van der Waals surface area contributed by atoms with Crippen molar-refractivity contribution >= 4 is 36.0 Å². The Balaban J connectivity index is 1.40. The quantitative estimate of drug-likeness (QED) is 0.0240. The zero-order valence-electron chi connectivity index (χ0n) is 35.9. The number of aldehydes is 1. The molecule has 5 unspecified atom stereocenters. The second kappa shape index (κ2) is 19.1. The van der Waals surface area contributed by atoms with Crippen LogP contribution in [-0.4, -0.2) is 108 Å². The van der Waals surface area contributed by atoms with Crippen molar-refractivity contribution in [1.82, 2.24) is 0 Å². The third kappa shape index (κ3) is 9.14. The van der Waals surface area contributed by atoms with Crippen LogP contribution in [0.4, 0.5) is 0 Å². The average Bonchev–Trinajstić information content (AvgIpc) is 3.73. The lowest BCUT2D eigenvalue weighted by atomic mass is 9.77. The molecule has 1 heterocycles. The van der Waals surface area contributed by atoms with Crippen molar-refractivity contribution in [1.29, 1.82) is 0 Å². The lowest BCUT2D eigenvalue weighted by molar-refractivity contribution is -0.371. The fourth-order valence-electron chi connectivity index (χ4n) is 9.14. The first-order chi connectivity index (χ1) is 30.9. The standard InChI is InChI=1S/C49H53NO15/c1-25-45(58)49(61,62)46(59)47(63-25)65-38-22-34-41(42(55)33(38)20-29-10-6-12-36(35(29)24-52)48(60)15-3-4-16-48)44(57)39-30(23-51)21-37(64-26(2)53)32(40(39)43(34)56)14-13-27-8-5-9-28(18-27)19-31(54)11-7-17-50/h5-6,8-10,12-14,18,21-22,24-25,31,45-47,51,54-55,58-62H,3-4,7,11,15-17,19-20,23,50H2,1-2H3. The predicted molar refractivity (Wildman–Crippen MR) is 233 cm³/mol. The molecule has 0 spiro atoms. The number of phenols is 1. The molecule has 0 aromatic heterocycles. The van der Waals surface area contributed by atoms with E-state index in [9.17, 15) is 55.2 Å². The number of benzene rings is 4. The SMILES string of the molecule is CC(=O)Oc1cc(CO)c2c(c1C=Cc1cccc(CC(O)CCCN)c1)C(=O)c1cc(OC3OC(C)C(O)C(O)(O)C3O)c(Cc3cccc(C4(O)CCCC4)c3C=O)c(O)c1C2=O. The zero-order valence-corrected chi connectivity index (χ0v) is 35.9. The Morgan fingerprint density at radius 3 is 2.32 bits per heavy atom. The molecule has 1 saturated carbocycles. The second-order valence-electron chi connectivity index (χ2n) is 17.0. The van der Waals surface area contributed by atoms with Gasteiger partial charge in [0.25, 0.3) is 0 Å². The molecule has 2 fully saturated rings. The summed E-state index contributed by atoms with van der Waals surface area (Å²) in [4.78, 5) is 55.2. The molecule has 16 nitrogen and oxygen atoms in total. The minimum Gasteiger partial charge on any atom is -0.507 e. The third-order valence-corrected chi connectivity index (χ3v) is 12.5. The van der Waals surface area contributed by atoms with Gasteiger partial charge in [-0.2, -0.15) is 0 Å². The van der Waals surface area contributed by atoms with Gasteiger partial charge in [0.1, 0.15) is 23.4 Å². The summed E-state index contributed by atoms with van der Waals surface area (Å²) in [6.07, 6.45) is -1.27. The third-order valence-electron chi connectivity index (χ3n) is 12.5. The van der Waals surface area contributed by atoms with Crippen LogP contribution in [0.1, 0.15) is 134 Å². The van der Waals surface area contributed by atoms with Gasteiger partial charge in [0.05, 0.1) is 30.0 Å². The molecule has 16 heteroatoms. The highest BCUT2D eigenvalue weighted by atomic mass is 16.7. The normalized spacial score (nSPS) is 21.5. The topological polar surface area (TPSA) is 284 Å². The summed E-state index contributed by atoms with van der Waals surface area (Å²) < 4.78 is 17.3. The number of hydrogen-bond donors (Lipinski definition) is 9. The second-order valence-corrected chi connectivity index (χ2v) is 17.0. The Morgan fingerprint density at radius 1 is 0.923 bits per heavy atom. The molecule has 344 valence electrons. The van der Waals surface area contributed by atoms with Crippen LogP contribution in [-0.2, 0) is 34.6 Å². The summed E-state index contributed by atoms with van der Waals surface area (Å²) in [5, 5.41) is 87.8. The zero-order chi connectivity index (χ0) is 47.0. The van der Waals surface area contributed by atoms with E-state index in [2.05, 4.69) is 0 Å². The van der Waals surface area contributed by atoms with Crippen LogP contribution in [0.15, 0.2) is 54.6 Å². The van der Waals surface area contributed by atoms with Crippen LogP contribution in [0.5, 0.6) is 17.2 Å². The first-order valence-corrected chi connectivity index (χ1v) is 21.5. The van der Waals surface area contributed by atoms with Gasteiger partial charge in [-0.15, -0.1) is 0 Å². The Morgan fingerprint density at radius 2 is 1.65 bits per heavy atom. The van der Waals surface area contributed by atoms with Gasteiger partial charge in [0.15, 0.2) is 24.0 Å². The Kier molecular flexibility index (Phi) is 13.9. The van der Waals surface area contributed by atoms with Crippen LogP contribution in [0, 0.1) is 0 Å². The maximum Gasteiger partial charge on any atom is 0.308 e. The summed E-state index contributed by atoms with van der Waals surface area (Å²) in [6, 6.07) is 14.3. The van der Waals surface area contributed by atoms with E-state index in [0.29, 0.717) is 56.1 Å². The number of ketones is 2. The molecule has 0 radical (unpaired) electrons. The number of fused-ring (bicyclic) bond motifs is 2. The van der Waals surface area contributed by atoms with E-state index in [-0.39, 0.29) is 51.1 Å². The summed E-state index contributed by atoms with van der Waals surface area (Å²) in [7, 11) is 0. The van der Waals surface area contributed by atoms with Gasteiger partial charge in [-0.25, -0.2) is 0 Å². The van der Waals surface area contributed by atoms with E-state index < -0.39 is 88.9 Å². The van der Waals surface area contributed by atoms with E-state index in [4.69, 9.17) is 19.9 Å². The van der Waals surface area contributed by atoms with Crippen molar-refractivity contribution in [2.75, 3.05) is 6.54 Å². The van der Waals surface area contributed by atoms with Crippen molar-refractivity contribution in [3.63, 3.8) is 0 Å². The molecule has 4 aromatic carbocycles. The summed E-state index contributed by atoms with van der Waals surface area (Å²) in [6.45, 7) is 2.04. The average molecular weight is 896 g/mol. The Bertz CT molecular complexity index is 2540. The van der Waals surface area contributed by atoms with Gasteiger partial charge in [0.2, 0.25) is 12.1 Å². The van der Waals surface area contributed by atoms with Crippen LogP contribution < -0.4 is 15.2 Å². The number of carbonyl (C=O) groups is 4.